The van der Waals surface area contributed by atoms with Gasteiger partial charge in [0, 0.05) is 51.9 Å². The summed E-state index contributed by atoms with van der Waals surface area (Å²) in [6.45, 7) is 5.61. The second-order valence-corrected chi connectivity index (χ2v) is 6.86. The molecule has 8 heteroatoms. The lowest BCUT2D eigenvalue weighted by molar-refractivity contribution is -0.384. The number of nitro benzene ring substituents is 1. The highest BCUT2D eigenvalue weighted by molar-refractivity contribution is 5.79. The molecule has 0 atom stereocenters. The summed E-state index contributed by atoms with van der Waals surface area (Å²) >= 11 is 0. The van der Waals surface area contributed by atoms with E-state index in [2.05, 4.69) is 38.7 Å². The number of non-ortho nitro benzene ring substituents is 1. The first-order chi connectivity index (χ1) is 14.2. The Morgan fingerprint density at radius 1 is 1.07 bits per heavy atom. The molecule has 1 fully saturated rings. The van der Waals surface area contributed by atoms with Crippen LogP contribution in [0.25, 0.3) is 0 Å². The summed E-state index contributed by atoms with van der Waals surface area (Å²) in [6, 6.07) is 14.9. The topological polar surface area (TPSA) is 92.0 Å². The molecule has 1 saturated heterocycles. The van der Waals surface area contributed by atoms with Crippen molar-refractivity contribution in [2.75, 3.05) is 33.4 Å². The lowest BCUT2D eigenvalue weighted by Crippen LogP contribution is -2.37. The number of nitrogens with zero attached hydrogens (tertiary/aromatic N) is 3. The monoisotopic (exact) mass is 397 g/mol. The highest BCUT2D eigenvalue weighted by Gasteiger charge is 2.13. The van der Waals surface area contributed by atoms with Crippen molar-refractivity contribution in [3.8, 4) is 0 Å². The number of hydrogen-bond donors (Lipinski definition) is 2. The van der Waals surface area contributed by atoms with Gasteiger partial charge in [0.1, 0.15) is 0 Å². The summed E-state index contributed by atoms with van der Waals surface area (Å²) in [7, 11) is 1.73. The van der Waals surface area contributed by atoms with E-state index in [0.29, 0.717) is 19.0 Å². The Bertz CT molecular complexity index is 832. The standard InChI is InChI=1S/C21H27N5O3/c1-22-21(23-14-17-6-8-20(9-7-17)26(27)28)24-15-18-4-2-3-5-19(18)16-25-10-12-29-13-11-25/h2-9H,10-16H2,1H3,(H2,22,23,24). The van der Waals surface area contributed by atoms with Crippen LogP contribution in [0.3, 0.4) is 0 Å². The van der Waals surface area contributed by atoms with E-state index in [0.717, 1.165) is 38.4 Å². The highest BCUT2D eigenvalue weighted by atomic mass is 16.6. The molecule has 3 rings (SSSR count). The molecule has 1 heterocycles. The van der Waals surface area contributed by atoms with Crippen LogP contribution in [0.2, 0.25) is 0 Å². The second-order valence-electron chi connectivity index (χ2n) is 6.86. The van der Waals surface area contributed by atoms with Crippen LogP contribution >= 0.6 is 0 Å². The first-order valence-corrected chi connectivity index (χ1v) is 9.70. The van der Waals surface area contributed by atoms with Crippen molar-refractivity contribution < 1.29 is 9.66 Å². The predicted molar refractivity (Wildman–Crippen MR) is 113 cm³/mol. The maximum absolute atomic E-state index is 10.7. The molecule has 8 nitrogen and oxygen atoms in total. The Labute approximate surface area is 170 Å². The van der Waals surface area contributed by atoms with Crippen LogP contribution < -0.4 is 10.6 Å². The number of aliphatic imine (C=N–C) groups is 1. The van der Waals surface area contributed by atoms with E-state index >= 15 is 0 Å². The Morgan fingerprint density at radius 3 is 2.38 bits per heavy atom. The number of guanidine groups is 1. The molecule has 0 amide bonds. The fourth-order valence-electron chi connectivity index (χ4n) is 3.21. The van der Waals surface area contributed by atoms with Gasteiger partial charge in [-0.2, -0.15) is 0 Å². The van der Waals surface area contributed by atoms with Crippen molar-refractivity contribution in [2.24, 2.45) is 4.99 Å². The fourth-order valence-corrected chi connectivity index (χ4v) is 3.21. The zero-order chi connectivity index (χ0) is 20.5. The average Bonchev–Trinajstić information content (AvgIpc) is 2.76. The van der Waals surface area contributed by atoms with Gasteiger partial charge >= 0.3 is 0 Å². The predicted octanol–water partition coefficient (Wildman–Crippen LogP) is 2.29. The van der Waals surface area contributed by atoms with Crippen molar-refractivity contribution in [1.82, 2.24) is 15.5 Å². The van der Waals surface area contributed by atoms with Crippen LogP contribution in [0.15, 0.2) is 53.5 Å². The van der Waals surface area contributed by atoms with Crippen molar-refractivity contribution in [3.63, 3.8) is 0 Å². The Balaban J connectivity index is 1.53. The molecule has 0 unspecified atom stereocenters. The number of rotatable bonds is 7. The zero-order valence-electron chi connectivity index (χ0n) is 16.6. The Kier molecular flexibility index (Phi) is 7.54. The molecule has 0 spiro atoms. The van der Waals surface area contributed by atoms with E-state index in [4.69, 9.17) is 4.74 Å². The molecule has 0 radical (unpaired) electrons. The van der Waals surface area contributed by atoms with Gasteiger partial charge in [-0.25, -0.2) is 0 Å². The van der Waals surface area contributed by atoms with Gasteiger partial charge in [-0.15, -0.1) is 0 Å². The SMILES string of the molecule is CN=C(NCc1ccc([N+](=O)[O-])cc1)NCc1ccccc1CN1CCOCC1. The summed E-state index contributed by atoms with van der Waals surface area (Å²) in [5, 5.41) is 17.3. The van der Waals surface area contributed by atoms with Gasteiger partial charge in [0.15, 0.2) is 5.96 Å². The molecule has 0 saturated carbocycles. The molecule has 2 aromatic rings. The van der Waals surface area contributed by atoms with Crippen LogP contribution in [-0.2, 0) is 24.4 Å². The smallest absolute Gasteiger partial charge is 0.269 e. The van der Waals surface area contributed by atoms with Gasteiger partial charge in [-0.1, -0.05) is 36.4 Å². The van der Waals surface area contributed by atoms with E-state index in [9.17, 15) is 10.1 Å². The maximum Gasteiger partial charge on any atom is 0.269 e. The first-order valence-electron chi connectivity index (χ1n) is 9.70. The minimum Gasteiger partial charge on any atom is -0.379 e. The van der Waals surface area contributed by atoms with Crippen LogP contribution in [0.4, 0.5) is 5.69 Å². The van der Waals surface area contributed by atoms with E-state index in [1.54, 1.807) is 19.2 Å². The second kappa shape index (κ2) is 10.5. The molecular formula is C21H27N5O3. The molecule has 2 N–H and O–H groups in total. The van der Waals surface area contributed by atoms with Crippen molar-refractivity contribution in [1.29, 1.82) is 0 Å². The molecule has 2 aromatic carbocycles. The Morgan fingerprint density at radius 2 is 1.72 bits per heavy atom. The highest BCUT2D eigenvalue weighted by Crippen LogP contribution is 2.13. The van der Waals surface area contributed by atoms with Crippen LogP contribution in [0.1, 0.15) is 16.7 Å². The molecule has 29 heavy (non-hydrogen) atoms. The number of nitro groups is 1. The lowest BCUT2D eigenvalue weighted by atomic mass is 10.1. The summed E-state index contributed by atoms with van der Waals surface area (Å²) < 4.78 is 5.43. The van der Waals surface area contributed by atoms with Gasteiger partial charge in [-0.05, 0) is 16.7 Å². The summed E-state index contributed by atoms with van der Waals surface area (Å²) in [5.74, 6) is 0.685. The molecule has 1 aliphatic heterocycles. The summed E-state index contributed by atoms with van der Waals surface area (Å²) in [4.78, 5) is 17.0. The van der Waals surface area contributed by atoms with Gasteiger partial charge in [-0.3, -0.25) is 20.0 Å². The zero-order valence-corrected chi connectivity index (χ0v) is 16.6. The minimum absolute atomic E-state index is 0.0909. The number of nitrogens with one attached hydrogen (secondary N) is 2. The molecule has 1 aliphatic rings. The van der Waals surface area contributed by atoms with Crippen LogP contribution in [0.5, 0.6) is 0 Å². The van der Waals surface area contributed by atoms with Gasteiger partial charge < -0.3 is 15.4 Å². The normalized spacial score (nSPS) is 15.1. The minimum atomic E-state index is -0.397. The lowest BCUT2D eigenvalue weighted by Gasteiger charge is -2.27. The van der Waals surface area contributed by atoms with Gasteiger partial charge in [0.05, 0.1) is 18.1 Å². The summed E-state index contributed by atoms with van der Waals surface area (Å²) in [5.41, 5.74) is 3.57. The number of hydrogen-bond acceptors (Lipinski definition) is 5. The third-order valence-electron chi connectivity index (χ3n) is 4.89. The van der Waals surface area contributed by atoms with E-state index in [-0.39, 0.29) is 5.69 Å². The Hall–Kier alpha value is -2.97. The van der Waals surface area contributed by atoms with Crippen molar-refractivity contribution in [3.05, 3.63) is 75.3 Å². The maximum atomic E-state index is 10.7. The van der Waals surface area contributed by atoms with Gasteiger partial charge in [0.2, 0.25) is 0 Å². The van der Waals surface area contributed by atoms with Crippen molar-refractivity contribution in [2.45, 2.75) is 19.6 Å². The third kappa shape index (κ3) is 6.27. The number of morpholine rings is 1. The van der Waals surface area contributed by atoms with Crippen LogP contribution in [0, 0.1) is 10.1 Å². The van der Waals surface area contributed by atoms with E-state index < -0.39 is 4.92 Å². The molecule has 0 bridgehead atoms. The quantitative estimate of drug-likeness (QED) is 0.322. The molecule has 154 valence electrons. The number of ether oxygens (including phenoxy) is 1. The average molecular weight is 397 g/mol. The third-order valence-corrected chi connectivity index (χ3v) is 4.89. The molecule has 0 aliphatic carbocycles. The van der Waals surface area contributed by atoms with E-state index in [1.807, 2.05) is 6.07 Å². The van der Waals surface area contributed by atoms with Crippen molar-refractivity contribution >= 4 is 11.6 Å². The first kappa shape index (κ1) is 20.8. The largest absolute Gasteiger partial charge is 0.379 e. The fraction of sp³-hybridized carbons (Fsp3) is 0.381. The molecular weight excluding hydrogens is 370 g/mol. The number of benzene rings is 2. The van der Waals surface area contributed by atoms with Crippen LogP contribution in [-0.4, -0.2) is 49.1 Å². The molecule has 0 aromatic heterocycles. The van der Waals surface area contributed by atoms with Gasteiger partial charge in [0.25, 0.3) is 5.69 Å². The summed E-state index contributed by atoms with van der Waals surface area (Å²) in [6.07, 6.45) is 0. The van der Waals surface area contributed by atoms with E-state index in [1.165, 1.54) is 23.3 Å².